The maximum atomic E-state index is 10.2. The predicted octanol–water partition coefficient (Wildman–Crippen LogP) is 2.43. The van der Waals surface area contributed by atoms with E-state index >= 15 is 0 Å². The Morgan fingerprint density at radius 3 is 2.62 bits per heavy atom. The number of rotatable bonds is 5. The topological polar surface area (TPSA) is 65.7 Å². The van der Waals surface area contributed by atoms with Crippen LogP contribution < -0.4 is 5.32 Å². The summed E-state index contributed by atoms with van der Waals surface area (Å²) in [6.45, 7) is 1.05. The zero-order valence-electron chi connectivity index (χ0n) is 14.0. The summed E-state index contributed by atoms with van der Waals surface area (Å²) in [4.78, 5) is 6.22. The Bertz CT molecular complexity index is 659. The predicted molar refractivity (Wildman–Crippen MR) is 108 cm³/mol. The molecule has 1 atom stereocenters. The Morgan fingerprint density at radius 2 is 2.08 bits per heavy atom. The Kier molecular flexibility index (Phi) is 8.51. The van der Waals surface area contributed by atoms with Gasteiger partial charge in [-0.05, 0) is 17.7 Å². The summed E-state index contributed by atoms with van der Waals surface area (Å²) in [5, 5.41) is 18.2. The van der Waals surface area contributed by atoms with Crippen molar-refractivity contribution in [2.45, 2.75) is 12.6 Å². The molecule has 2 rings (SSSR count). The number of nitrogens with one attached hydrogen (secondary N) is 1. The number of nitrogens with zero attached hydrogens (tertiary/aromatic N) is 4. The van der Waals surface area contributed by atoms with Gasteiger partial charge in [0.15, 0.2) is 5.96 Å². The van der Waals surface area contributed by atoms with Crippen LogP contribution in [-0.2, 0) is 13.6 Å². The van der Waals surface area contributed by atoms with Gasteiger partial charge in [0.1, 0.15) is 0 Å². The van der Waals surface area contributed by atoms with E-state index in [1.807, 2.05) is 43.5 Å². The van der Waals surface area contributed by atoms with Crippen LogP contribution in [0.25, 0.3) is 0 Å². The minimum atomic E-state index is -0.629. The lowest BCUT2D eigenvalue weighted by molar-refractivity contribution is 0.179. The van der Waals surface area contributed by atoms with Gasteiger partial charge in [-0.1, -0.05) is 23.7 Å². The van der Waals surface area contributed by atoms with E-state index in [1.54, 1.807) is 23.9 Å². The lowest BCUT2D eigenvalue weighted by Gasteiger charge is -2.23. The van der Waals surface area contributed by atoms with E-state index in [4.69, 9.17) is 11.6 Å². The van der Waals surface area contributed by atoms with Crippen molar-refractivity contribution in [3.63, 3.8) is 0 Å². The zero-order valence-corrected chi connectivity index (χ0v) is 17.1. The average Bonchev–Trinajstić information content (AvgIpc) is 2.93. The van der Waals surface area contributed by atoms with Gasteiger partial charge in [0.05, 0.1) is 12.3 Å². The number of aliphatic imine (C=N–C) groups is 1. The number of aliphatic hydroxyl groups is 1. The average molecular weight is 464 g/mol. The van der Waals surface area contributed by atoms with Crippen LogP contribution in [0.15, 0.2) is 41.7 Å². The normalized spacial score (nSPS) is 12.5. The molecule has 6 nitrogen and oxygen atoms in total. The summed E-state index contributed by atoms with van der Waals surface area (Å²) < 4.78 is 1.77. The van der Waals surface area contributed by atoms with E-state index < -0.39 is 6.10 Å². The van der Waals surface area contributed by atoms with Crippen LogP contribution in [0.2, 0.25) is 5.02 Å². The molecule has 0 saturated heterocycles. The smallest absolute Gasteiger partial charge is 0.193 e. The number of benzene rings is 1. The number of aryl methyl sites for hydroxylation is 1. The van der Waals surface area contributed by atoms with Crippen molar-refractivity contribution >= 4 is 41.5 Å². The van der Waals surface area contributed by atoms with Crippen molar-refractivity contribution in [3.05, 3.63) is 52.8 Å². The Balaban J connectivity index is 0.00000288. The van der Waals surface area contributed by atoms with Crippen molar-refractivity contribution < 1.29 is 5.11 Å². The molecule has 1 heterocycles. The van der Waals surface area contributed by atoms with Crippen molar-refractivity contribution in [1.82, 2.24) is 20.0 Å². The molecule has 0 aliphatic rings. The molecular formula is C16H23ClIN5O. The Morgan fingerprint density at radius 1 is 1.42 bits per heavy atom. The fraction of sp³-hybridized carbons (Fsp3) is 0.375. The molecule has 1 aromatic heterocycles. The third-order valence-corrected chi connectivity index (χ3v) is 3.71. The number of guanidine groups is 1. The number of halogens is 2. The summed E-state index contributed by atoms with van der Waals surface area (Å²) in [7, 11) is 5.55. The molecule has 0 radical (unpaired) electrons. The van der Waals surface area contributed by atoms with Crippen LogP contribution in [-0.4, -0.2) is 46.4 Å². The second kappa shape index (κ2) is 9.85. The molecule has 1 unspecified atom stereocenters. The SMILES string of the molecule is CN=C(NCC(O)c1ccc(Cl)cc1)N(C)Cc1cnn(C)c1.I. The van der Waals surface area contributed by atoms with Gasteiger partial charge in [-0.15, -0.1) is 24.0 Å². The van der Waals surface area contributed by atoms with Gasteiger partial charge in [-0.2, -0.15) is 5.10 Å². The standard InChI is InChI=1S/C16H22ClN5O.HI/c1-18-16(21(2)10-12-8-20-22(3)11-12)19-9-15(23)13-4-6-14(17)7-5-13;/h4-8,11,15,23H,9-10H2,1-3H3,(H,18,19);1H. The van der Waals surface area contributed by atoms with Crippen molar-refractivity contribution in [2.75, 3.05) is 20.6 Å². The molecule has 0 saturated carbocycles. The van der Waals surface area contributed by atoms with E-state index in [0.717, 1.165) is 11.1 Å². The Labute approximate surface area is 164 Å². The molecule has 2 aromatic rings. The van der Waals surface area contributed by atoms with Crippen molar-refractivity contribution in [1.29, 1.82) is 0 Å². The fourth-order valence-electron chi connectivity index (χ4n) is 2.28. The second-order valence-electron chi connectivity index (χ2n) is 5.37. The zero-order chi connectivity index (χ0) is 16.8. The van der Waals surface area contributed by atoms with Crippen molar-refractivity contribution in [2.24, 2.45) is 12.0 Å². The molecule has 0 aliphatic carbocycles. The van der Waals surface area contributed by atoms with Crippen LogP contribution in [0.1, 0.15) is 17.2 Å². The number of hydrogen-bond donors (Lipinski definition) is 2. The number of aromatic nitrogens is 2. The quantitative estimate of drug-likeness (QED) is 0.406. The van der Waals surface area contributed by atoms with Crippen LogP contribution >= 0.6 is 35.6 Å². The van der Waals surface area contributed by atoms with Crippen LogP contribution in [0.4, 0.5) is 0 Å². The van der Waals surface area contributed by atoms with Gasteiger partial charge >= 0.3 is 0 Å². The van der Waals surface area contributed by atoms with Gasteiger partial charge in [0, 0.05) is 51.0 Å². The summed E-state index contributed by atoms with van der Waals surface area (Å²) in [6, 6.07) is 7.17. The molecule has 2 N–H and O–H groups in total. The van der Waals surface area contributed by atoms with Gasteiger partial charge < -0.3 is 15.3 Å². The summed E-state index contributed by atoms with van der Waals surface area (Å²) in [6.07, 6.45) is 3.16. The number of aliphatic hydroxyl groups excluding tert-OH is 1. The van der Waals surface area contributed by atoms with E-state index in [-0.39, 0.29) is 24.0 Å². The summed E-state index contributed by atoms with van der Waals surface area (Å²) in [5.41, 5.74) is 1.91. The first-order chi connectivity index (χ1) is 11.0. The highest BCUT2D eigenvalue weighted by atomic mass is 127. The molecule has 0 bridgehead atoms. The number of hydrogen-bond acceptors (Lipinski definition) is 3. The molecule has 0 spiro atoms. The summed E-state index contributed by atoms with van der Waals surface area (Å²) >= 11 is 5.86. The highest BCUT2D eigenvalue weighted by molar-refractivity contribution is 14.0. The summed E-state index contributed by atoms with van der Waals surface area (Å²) in [5.74, 6) is 0.710. The van der Waals surface area contributed by atoms with Crippen LogP contribution in [0.5, 0.6) is 0 Å². The lowest BCUT2D eigenvalue weighted by atomic mass is 10.1. The monoisotopic (exact) mass is 463 g/mol. The first-order valence-electron chi connectivity index (χ1n) is 7.32. The van der Waals surface area contributed by atoms with E-state index in [0.29, 0.717) is 24.1 Å². The Hall–Kier alpha value is -1.32. The van der Waals surface area contributed by atoms with Crippen LogP contribution in [0, 0.1) is 0 Å². The van der Waals surface area contributed by atoms with E-state index in [9.17, 15) is 5.11 Å². The molecule has 24 heavy (non-hydrogen) atoms. The van der Waals surface area contributed by atoms with E-state index in [1.165, 1.54) is 0 Å². The minimum absolute atomic E-state index is 0. The maximum Gasteiger partial charge on any atom is 0.193 e. The minimum Gasteiger partial charge on any atom is -0.387 e. The first-order valence-corrected chi connectivity index (χ1v) is 7.70. The molecule has 0 amide bonds. The van der Waals surface area contributed by atoms with Gasteiger partial charge in [0.25, 0.3) is 0 Å². The molecule has 0 fully saturated rings. The second-order valence-corrected chi connectivity index (χ2v) is 5.81. The lowest BCUT2D eigenvalue weighted by Crippen LogP contribution is -2.40. The fourth-order valence-corrected chi connectivity index (χ4v) is 2.40. The molecule has 132 valence electrons. The maximum absolute atomic E-state index is 10.2. The highest BCUT2D eigenvalue weighted by Gasteiger charge is 2.11. The molecular weight excluding hydrogens is 441 g/mol. The van der Waals surface area contributed by atoms with Gasteiger partial charge in [-0.3, -0.25) is 9.67 Å². The molecule has 1 aromatic carbocycles. The van der Waals surface area contributed by atoms with Gasteiger partial charge in [-0.25, -0.2) is 0 Å². The first kappa shape index (κ1) is 20.7. The largest absolute Gasteiger partial charge is 0.387 e. The third kappa shape index (κ3) is 5.95. The van der Waals surface area contributed by atoms with Crippen molar-refractivity contribution in [3.8, 4) is 0 Å². The van der Waals surface area contributed by atoms with E-state index in [2.05, 4.69) is 15.4 Å². The van der Waals surface area contributed by atoms with Gasteiger partial charge in [0.2, 0.25) is 0 Å². The highest BCUT2D eigenvalue weighted by Crippen LogP contribution is 2.15. The van der Waals surface area contributed by atoms with Crippen LogP contribution in [0.3, 0.4) is 0 Å². The third-order valence-electron chi connectivity index (χ3n) is 3.46. The molecule has 0 aliphatic heterocycles. The molecule has 8 heteroatoms.